The highest BCUT2D eigenvalue weighted by molar-refractivity contribution is 6.30. The third-order valence-electron chi connectivity index (χ3n) is 4.41. The van der Waals surface area contributed by atoms with E-state index in [0.717, 1.165) is 30.5 Å². The van der Waals surface area contributed by atoms with E-state index in [4.69, 9.17) is 11.6 Å². The number of rotatable bonds is 3. The Morgan fingerprint density at radius 3 is 2.35 bits per heavy atom. The van der Waals surface area contributed by atoms with Gasteiger partial charge in [0.1, 0.15) is 5.56 Å². The van der Waals surface area contributed by atoms with Crippen LogP contribution in [0.25, 0.3) is 5.69 Å². The molecule has 0 radical (unpaired) electrons. The molecule has 1 saturated heterocycles. The van der Waals surface area contributed by atoms with E-state index >= 15 is 0 Å². The van der Waals surface area contributed by atoms with Crippen LogP contribution in [0.2, 0.25) is 5.02 Å². The number of hydrogen-bond acceptors (Lipinski definition) is 5. The largest absolute Gasteiger partial charge is 0.493 e. The minimum Gasteiger partial charge on any atom is -0.493 e. The standard InChI is InChI=1S/C18H21ClN4O3/c1-12(21-22-10-4-2-3-5-11-22)15-16(24)20-18(26)23(17(15)25)14-8-6-13(19)7-9-14/h6-9,25H,2-5,10-11H2,1H3,(H,20,24,26). The highest BCUT2D eigenvalue weighted by Crippen LogP contribution is 2.19. The van der Waals surface area contributed by atoms with Crippen LogP contribution in [-0.2, 0) is 0 Å². The fourth-order valence-electron chi connectivity index (χ4n) is 3.10. The maximum absolute atomic E-state index is 12.3. The Balaban J connectivity index is 2.07. The molecular formula is C18H21ClN4O3. The van der Waals surface area contributed by atoms with E-state index in [1.54, 1.807) is 31.2 Å². The number of nitrogens with zero attached hydrogens (tertiary/aromatic N) is 3. The lowest BCUT2D eigenvalue weighted by atomic mass is 10.2. The molecule has 1 fully saturated rings. The second-order valence-corrected chi connectivity index (χ2v) is 6.76. The van der Waals surface area contributed by atoms with Crippen molar-refractivity contribution >= 4 is 17.3 Å². The van der Waals surface area contributed by atoms with Gasteiger partial charge in [0.25, 0.3) is 5.56 Å². The van der Waals surface area contributed by atoms with Crippen molar-refractivity contribution in [3.63, 3.8) is 0 Å². The first-order valence-electron chi connectivity index (χ1n) is 8.62. The molecule has 138 valence electrons. The number of hydrazone groups is 1. The summed E-state index contributed by atoms with van der Waals surface area (Å²) in [6, 6.07) is 6.39. The van der Waals surface area contributed by atoms with E-state index in [2.05, 4.69) is 10.1 Å². The Bertz CT molecular complexity index is 923. The van der Waals surface area contributed by atoms with E-state index in [9.17, 15) is 14.7 Å². The molecule has 0 saturated carbocycles. The van der Waals surface area contributed by atoms with E-state index in [0.29, 0.717) is 16.4 Å². The zero-order chi connectivity index (χ0) is 18.7. The molecule has 26 heavy (non-hydrogen) atoms. The number of aromatic hydroxyl groups is 1. The molecule has 2 aromatic rings. The first-order valence-corrected chi connectivity index (χ1v) is 9.00. The smallest absolute Gasteiger partial charge is 0.335 e. The third-order valence-corrected chi connectivity index (χ3v) is 4.66. The summed E-state index contributed by atoms with van der Waals surface area (Å²) in [4.78, 5) is 26.8. The molecule has 2 N–H and O–H groups in total. The molecule has 1 aromatic carbocycles. The Morgan fingerprint density at radius 2 is 1.73 bits per heavy atom. The zero-order valence-corrected chi connectivity index (χ0v) is 15.3. The van der Waals surface area contributed by atoms with Crippen molar-refractivity contribution in [2.24, 2.45) is 5.10 Å². The number of aromatic nitrogens is 2. The van der Waals surface area contributed by atoms with Crippen LogP contribution < -0.4 is 11.2 Å². The highest BCUT2D eigenvalue weighted by atomic mass is 35.5. The van der Waals surface area contributed by atoms with Crippen LogP contribution in [0.5, 0.6) is 5.88 Å². The van der Waals surface area contributed by atoms with Crippen molar-refractivity contribution in [1.82, 2.24) is 14.6 Å². The second kappa shape index (κ2) is 7.78. The quantitative estimate of drug-likeness (QED) is 0.805. The van der Waals surface area contributed by atoms with Crippen molar-refractivity contribution < 1.29 is 5.11 Å². The molecule has 2 heterocycles. The molecule has 0 aliphatic carbocycles. The topological polar surface area (TPSA) is 90.7 Å². The van der Waals surface area contributed by atoms with Crippen LogP contribution in [0, 0.1) is 0 Å². The van der Waals surface area contributed by atoms with Crippen LogP contribution in [0.1, 0.15) is 38.2 Å². The van der Waals surface area contributed by atoms with Gasteiger partial charge in [-0.2, -0.15) is 5.10 Å². The summed E-state index contributed by atoms with van der Waals surface area (Å²) in [5.41, 5.74) is -0.621. The first-order chi connectivity index (χ1) is 12.5. The normalized spacial score (nSPS) is 15.8. The van der Waals surface area contributed by atoms with E-state index in [1.807, 2.05) is 5.01 Å². The lowest BCUT2D eigenvalue weighted by molar-refractivity contribution is 0.300. The number of hydrogen-bond donors (Lipinski definition) is 2. The van der Waals surface area contributed by atoms with Gasteiger partial charge in [-0.25, -0.2) is 9.36 Å². The Morgan fingerprint density at radius 1 is 1.12 bits per heavy atom. The highest BCUT2D eigenvalue weighted by Gasteiger charge is 2.19. The predicted octanol–water partition coefficient (Wildman–Crippen LogP) is 2.48. The van der Waals surface area contributed by atoms with Crippen molar-refractivity contribution in [2.45, 2.75) is 32.6 Å². The summed E-state index contributed by atoms with van der Waals surface area (Å²) in [5, 5.41) is 17.6. The number of benzene rings is 1. The van der Waals surface area contributed by atoms with Gasteiger partial charge in [0.05, 0.1) is 11.4 Å². The lowest BCUT2D eigenvalue weighted by Gasteiger charge is -2.18. The molecule has 1 aliphatic heterocycles. The van der Waals surface area contributed by atoms with Gasteiger partial charge in [0, 0.05) is 18.1 Å². The zero-order valence-electron chi connectivity index (χ0n) is 14.5. The molecule has 8 heteroatoms. The Labute approximate surface area is 155 Å². The van der Waals surface area contributed by atoms with Gasteiger partial charge in [-0.1, -0.05) is 24.4 Å². The number of H-pyrrole nitrogens is 1. The van der Waals surface area contributed by atoms with Crippen molar-refractivity contribution in [3.8, 4) is 11.6 Å². The fraction of sp³-hybridized carbons (Fsp3) is 0.389. The summed E-state index contributed by atoms with van der Waals surface area (Å²) >= 11 is 5.88. The maximum atomic E-state index is 12.3. The molecule has 3 rings (SSSR count). The van der Waals surface area contributed by atoms with Gasteiger partial charge in [-0.15, -0.1) is 0 Å². The Hall–Kier alpha value is -2.54. The molecule has 0 unspecified atom stereocenters. The van der Waals surface area contributed by atoms with Gasteiger partial charge >= 0.3 is 5.69 Å². The molecular weight excluding hydrogens is 356 g/mol. The van der Waals surface area contributed by atoms with Crippen LogP contribution in [0.15, 0.2) is 39.0 Å². The number of nitrogens with one attached hydrogen (secondary N) is 1. The molecule has 1 aliphatic rings. The van der Waals surface area contributed by atoms with Crippen LogP contribution in [0.4, 0.5) is 0 Å². The predicted molar refractivity (Wildman–Crippen MR) is 102 cm³/mol. The molecule has 0 spiro atoms. The second-order valence-electron chi connectivity index (χ2n) is 6.32. The van der Waals surface area contributed by atoms with Crippen LogP contribution in [0.3, 0.4) is 0 Å². The summed E-state index contributed by atoms with van der Waals surface area (Å²) in [7, 11) is 0. The van der Waals surface area contributed by atoms with Gasteiger partial charge in [0.2, 0.25) is 5.88 Å². The van der Waals surface area contributed by atoms with Crippen LogP contribution in [-0.4, -0.2) is 38.5 Å². The van der Waals surface area contributed by atoms with Gasteiger partial charge < -0.3 is 5.11 Å². The van der Waals surface area contributed by atoms with E-state index in [1.165, 1.54) is 12.8 Å². The molecule has 7 nitrogen and oxygen atoms in total. The van der Waals surface area contributed by atoms with E-state index < -0.39 is 17.1 Å². The average Bonchev–Trinajstić information content (AvgIpc) is 2.84. The van der Waals surface area contributed by atoms with Gasteiger partial charge in [-0.05, 0) is 44.0 Å². The van der Waals surface area contributed by atoms with E-state index in [-0.39, 0.29) is 5.56 Å². The molecule has 0 atom stereocenters. The number of halogens is 1. The van der Waals surface area contributed by atoms with Crippen molar-refractivity contribution in [2.75, 3.05) is 13.1 Å². The molecule has 0 amide bonds. The monoisotopic (exact) mass is 376 g/mol. The Kier molecular flexibility index (Phi) is 5.46. The molecule has 1 aromatic heterocycles. The summed E-state index contributed by atoms with van der Waals surface area (Å²) in [5.74, 6) is -0.433. The summed E-state index contributed by atoms with van der Waals surface area (Å²) in [6.07, 6.45) is 4.42. The maximum Gasteiger partial charge on any atom is 0.335 e. The fourth-order valence-corrected chi connectivity index (χ4v) is 3.22. The molecule has 0 bridgehead atoms. The first kappa shape index (κ1) is 18.3. The summed E-state index contributed by atoms with van der Waals surface area (Å²) in [6.45, 7) is 3.28. The third kappa shape index (κ3) is 3.83. The minimum absolute atomic E-state index is 0.0104. The minimum atomic E-state index is -0.721. The number of aromatic amines is 1. The average molecular weight is 377 g/mol. The van der Waals surface area contributed by atoms with Crippen molar-refractivity contribution in [1.29, 1.82) is 0 Å². The van der Waals surface area contributed by atoms with Gasteiger partial charge in [-0.3, -0.25) is 14.8 Å². The van der Waals surface area contributed by atoms with Crippen molar-refractivity contribution in [3.05, 3.63) is 55.7 Å². The SMILES string of the molecule is CC(=NN1CCCCCC1)c1c(O)n(-c2ccc(Cl)cc2)c(=O)[nH]c1=O. The summed E-state index contributed by atoms with van der Waals surface area (Å²) < 4.78 is 1.04. The lowest BCUT2D eigenvalue weighted by Crippen LogP contribution is -2.33. The van der Waals surface area contributed by atoms with Gasteiger partial charge in [0.15, 0.2) is 0 Å². The van der Waals surface area contributed by atoms with Crippen LogP contribution >= 0.6 is 11.6 Å².